The van der Waals surface area contributed by atoms with Gasteiger partial charge in [0, 0.05) is 11.9 Å². The third-order valence-electron chi connectivity index (χ3n) is 4.09. The zero-order valence-electron chi connectivity index (χ0n) is 14.0. The van der Waals surface area contributed by atoms with Gasteiger partial charge in [-0.25, -0.2) is 13.6 Å². The van der Waals surface area contributed by atoms with E-state index in [0.29, 0.717) is 0 Å². The van der Waals surface area contributed by atoms with Gasteiger partial charge >= 0.3 is 0 Å². The van der Waals surface area contributed by atoms with Crippen molar-refractivity contribution in [2.45, 2.75) is 24.8 Å². The summed E-state index contributed by atoms with van der Waals surface area (Å²) in [5.41, 5.74) is 4.78. The van der Waals surface area contributed by atoms with E-state index in [4.69, 9.17) is 5.14 Å². The number of primary sulfonamides is 1. The summed E-state index contributed by atoms with van der Waals surface area (Å²) in [4.78, 5) is 0.0861. The Hall–Kier alpha value is -2.41. The number of aromatic nitrogens is 1. The van der Waals surface area contributed by atoms with Gasteiger partial charge in [0.1, 0.15) is 0 Å². The summed E-state index contributed by atoms with van der Waals surface area (Å²) in [5, 5.41) is 14.8. The SMILES string of the molecule is Cc1cc(-c2ccc(C(C)O)cc2)n(-c2ccc(S(N)(=O)=O)cc2)c1. The lowest BCUT2D eigenvalue weighted by Gasteiger charge is -2.11. The highest BCUT2D eigenvalue weighted by molar-refractivity contribution is 7.89. The van der Waals surface area contributed by atoms with Crippen molar-refractivity contribution >= 4 is 10.0 Å². The van der Waals surface area contributed by atoms with Gasteiger partial charge in [-0.2, -0.15) is 0 Å². The van der Waals surface area contributed by atoms with E-state index in [-0.39, 0.29) is 4.90 Å². The molecule has 6 heteroatoms. The predicted molar refractivity (Wildman–Crippen MR) is 97.9 cm³/mol. The van der Waals surface area contributed by atoms with Crippen LogP contribution in [0.15, 0.2) is 65.7 Å². The molecule has 1 unspecified atom stereocenters. The summed E-state index contributed by atoms with van der Waals surface area (Å²) in [6.45, 7) is 3.73. The zero-order valence-corrected chi connectivity index (χ0v) is 14.9. The molecular formula is C19H20N2O3S. The van der Waals surface area contributed by atoms with Gasteiger partial charge in [-0.05, 0) is 60.9 Å². The van der Waals surface area contributed by atoms with E-state index >= 15 is 0 Å². The first kappa shape index (κ1) is 17.4. The quantitative estimate of drug-likeness (QED) is 0.753. The van der Waals surface area contributed by atoms with Crippen LogP contribution < -0.4 is 5.14 Å². The van der Waals surface area contributed by atoms with Gasteiger partial charge in [0.2, 0.25) is 10.0 Å². The van der Waals surface area contributed by atoms with E-state index in [1.165, 1.54) is 12.1 Å². The molecule has 1 aromatic heterocycles. The average molecular weight is 356 g/mol. The number of sulfonamides is 1. The summed E-state index contributed by atoms with van der Waals surface area (Å²) in [6.07, 6.45) is 1.48. The molecule has 130 valence electrons. The molecule has 0 radical (unpaired) electrons. The van der Waals surface area contributed by atoms with E-state index in [9.17, 15) is 13.5 Å². The summed E-state index contributed by atoms with van der Waals surface area (Å²) in [5.74, 6) is 0. The topological polar surface area (TPSA) is 85.3 Å². The highest BCUT2D eigenvalue weighted by Crippen LogP contribution is 2.27. The fourth-order valence-corrected chi connectivity index (χ4v) is 3.28. The zero-order chi connectivity index (χ0) is 18.2. The maximum absolute atomic E-state index is 11.4. The molecule has 5 nitrogen and oxygen atoms in total. The first-order valence-corrected chi connectivity index (χ1v) is 9.41. The Kier molecular flexibility index (Phi) is 4.51. The second-order valence-electron chi connectivity index (χ2n) is 6.11. The number of aliphatic hydroxyl groups excluding tert-OH is 1. The Morgan fingerprint density at radius 1 is 1.04 bits per heavy atom. The van der Waals surface area contributed by atoms with Crippen molar-refractivity contribution < 1.29 is 13.5 Å². The van der Waals surface area contributed by atoms with Crippen LogP contribution in [0, 0.1) is 6.92 Å². The Morgan fingerprint density at radius 3 is 2.16 bits per heavy atom. The highest BCUT2D eigenvalue weighted by Gasteiger charge is 2.11. The molecular weight excluding hydrogens is 336 g/mol. The van der Waals surface area contributed by atoms with Crippen molar-refractivity contribution in [3.8, 4) is 16.9 Å². The second kappa shape index (κ2) is 6.48. The van der Waals surface area contributed by atoms with Crippen molar-refractivity contribution in [2.75, 3.05) is 0 Å². The van der Waals surface area contributed by atoms with Crippen LogP contribution in [0.2, 0.25) is 0 Å². The fourth-order valence-electron chi connectivity index (χ4n) is 2.76. The summed E-state index contributed by atoms with van der Waals surface area (Å²) in [6, 6.07) is 16.2. The highest BCUT2D eigenvalue weighted by atomic mass is 32.2. The first-order valence-electron chi connectivity index (χ1n) is 7.86. The molecule has 0 saturated carbocycles. The minimum atomic E-state index is -3.70. The lowest BCUT2D eigenvalue weighted by Crippen LogP contribution is -2.12. The molecule has 1 atom stereocenters. The Balaban J connectivity index is 2.04. The first-order chi connectivity index (χ1) is 11.8. The number of aliphatic hydroxyl groups is 1. The number of hydrogen-bond acceptors (Lipinski definition) is 3. The maximum atomic E-state index is 11.4. The van der Waals surface area contributed by atoms with Crippen molar-refractivity contribution in [1.82, 2.24) is 4.57 Å². The monoisotopic (exact) mass is 356 g/mol. The minimum absolute atomic E-state index is 0.0861. The Labute approximate surface area is 147 Å². The van der Waals surface area contributed by atoms with Gasteiger partial charge in [0.15, 0.2) is 0 Å². The molecule has 0 amide bonds. The van der Waals surface area contributed by atoms with Crippen molar-refractivity contribution in [3.05, 3.63) is 71.9 Å². The maximum Gasteiger partial charge on any atom is 0.238 e. The third kappa shape index (κ3) is 3.66. The summed E-state index contributed by atoms with van der Waals surface area (Å²) < 4.78 is 24.8. The van der Waals surface area contributed by atoms with Crippen molar-refractivity contribution in [3.63, 3.8) is 0 Å². The summed E-state index contributed by atoms with van der Waals surface area (Å²) >= 11 is 0. The van der Waals surface area contributed by atoms with Gasteiger partial charge in [0.05, 0.1) is 16.7 Å². The van der Waals surface area contributed by atoms with E-state index in [2.05, 4.69) is 6.07 Å². The van der Waals surface area contributed by atoms with Crippen molar-refractivity contribution in [1.29, 1.82) is 0 Å². The molecule has 0 aliphatic rings. The largest absolute Gasteiger partial charge is 0.389 e. The van der Waals surface area contributed by atoms with E-state index in [0.717, 1.165) is 28.1 Å². The molecule has 2 aromatic carbocycles. The molecule has 0 fully saturated rings. The third-order valence-corrected chi connectivity index (χ3v) is 5.02. The molecule has 0 saturated heterocycles. The van der Waals surface area contributed by atoms with Crippen LogP contribution in [-0.2, 0) is 10.0 Å². The molecule has 0 spiro atoms. The lowest BCUT2D eigenvalue weighted by atomic mass is 10.1. The Bertz CT molecular complexity index is 986. The normalized spacial score (nSPS) is 13.0. The fraction of sp³-hybridized carbons (Fsp3) is 0.158. The number of benzene rings is 2. The van der Waals surface area contributed by atoms with Gasteiger partial charge in [-0.1, -0.05) is 24.3 Å². The van der Waals surface area contributed by atoms with Gasteiger partial charge in [-0.3, -0.25) is 0 Å². The summed E-state index contributed by atoms with van der Waals surface area (Å²) in [7, 11) is -3.70. The van der Waals surface area contributed by atoms with Crippen LogP contribution in [0.1, 0.15) is 24.2 Å². The van der Waals surface area contributed by atoms with E-state index in [1.807, 2.05) is 42.0 Å². The molecule has 0 aliphatic carbocycles. The molecule has 3 aromatic rings. The van der Waals surface area contributed by atoms with Crippen LogP contribution in [0.3, 0.4) is 0 Å². The molecule has 25 heavy (non-hydrogen) atoms. The molecule has 3 rings (SSSR count). The number of rotatable bonds is 4. The van der Waals surface area contributed by atoms with Crippen LogP contribution in [0.25, 0.3) is 16.9 Å². The molecule has 0 aliphatic heterocycles. The van der Waals surface area contributed by atoms with Crippen LogP contribution >= 0.6 is 0 Å². The standard InChI is InChI=1S/C19H20N2O3S/c1-13-11-19(16-5-3-15(4-6-16)14(2)22)21(12-13)17-7-9-18(10-8-17)25(20,23)24/h3-12,14,22H,1-2H3,(H2,20,23,24). The van der Waals surface area contributed by atoms with Gasteiger partial charge in [-0.15, -0.1) is 0 Å². The number of aryl methyl sites for hydroxylation is 1. The van der Waals surface area contributed by atoms with Crippen LogP contribution in [0.4, 0.5) is 0 Å². The molecule has 0 bridgehead atoms. The number of nitrogens with two attached hydrogens (primary N) is 1. The molecule has 3 N–H and O–H groups in total. The number of nitrogens with zero attached hydrogens (tertiary/aromatic N) is 1. The van der Waals surface area contributed by atoms with Crippen LogP contribution in [0.5, 0.6) is 0 Å². The van der Waals surface area contributed by atoms with Gasteiger partial charge < -0.3 is 9.67 Å². The minimum Gasteiger partial charge on any atom is -0.389 e. The number of hydrogen-bond donors (Lipinski definition) is 2. The van der Waals surface area contributed by atoms with Crippen LogP contribution in [-0.4, -0.2) is 18.1 Å². The smallest absolute Gasteiger partial charge is 0.238 e. The van der Waals surface area contributed by atoms with Crippen molar-refractivity contribution in [2.24, 2.45) is 5.14 Å². The van der Waals surface area contributed by atoms with Gasteiger partial charge in [0.25, 0.3) is 0 Å². The van der Waals surface area contributed by atoms with E-state index in [1.54, 1.807) is 19.1 Å². The second-order valence-corrected chi connectivity index (χ2v) is 7.67. The molecule has 1 heterocycles. The Morgan fingerprint density at radius 2 is 1.64 bits per heavy atom. The average Bonchev–Trinajstić information content (AvgIpc) is 2.96. The lowest BCUT2D eigenvalue weighted by molar-refractivity contribution is 0.199. The predicted octanol–water partition coefficient (Wildman–Crippen LogP) is 3.15. The van der Waals surface area contributed by atoms with E-state index < -0.39 is 16.1 Å².